The molecule has 2 heterocycles. The molecule has 0 atom stereocenters. The molecule has 0 saturated carbocycles. The molecule has 0 bridgehead atoms. The predicted octanol–water partition coefficient (Wildman–Crippen LogP) is 3.57. The Morgan fingerprint density at radius 3 is 2.48 bits per heavy atom. The Kier molecular flexibility index (Phi) is 4.99. The lowest BCUT2D eigenvalue weighted by atomic mass is 10.1. The molecule has 1 saturated heterocycles. The van der Waals surface area contributed by atoms with Crippen LogP contribution in [0.4, 0.5) is 5.69 Å². The molecule has 6 nitrogen and oxygen atoms in total. The minimum atomic E-state index is -1.06. The van der Waals surface area contributed by atoms with Crippen LogP contribution in [0, 0.1) is 0 Å². The second-order valence-corrected chi connectivity index (χ2v) is 7.38. The number of piperidine rings is 1. The number of benzene rings is 1. The largest absolute Gasteiger partial charge is 0.476 e. The van der Waals surface area contributed by atoms with Crippen molar-refractivity contribution < 1.29 is 9.90 Å². The summed E-state index contributed by atoms with van der Waals surface area (Å²) in [6.07, 6.45) is 1.83. The first-order valence-corrected chi connectivity index (χ1v) is 8.68. The van der Waals surface area contributed by atoms with Crippen molar-refractivity contribution in [3.8, 4) is 0 Å². The van der Waals surface area contributed by atoms with Gasteiger partial charge in [-0.05, 0) is 31.0 Å². The summed E-state index contributed by atoms with van der Waals surface area (Å²) < 4.78 is 0. The summed E-state index contributed by atoms with van der Waals surface area (Å²) in [7, 11) is 0. The minimum absolute atomic E-state index is 0.0148. The molecule has 122 valence electrons. The van der Waals surface area contributed by atoms with Crippen LogP contribution in [-0.2, 0) is 0 Å². The molecule has 2 aromatic rings. The van der Waals surface area contributed by atoms with E-state index in [1.807, 2.05) is 12.1 Å². The topological polar surface area (TPSA) is 82.1 Å². The number of carbonyl (C=O) groups is 1. The zero-order chi connectivity index (χ0) is 16.4. The molecule has 3 rings (SSSR count). The van der Waals surface area contributed by atoms with Crippen molar-refractivity contribution in [1.82, 2.24) is 15.4 Å². The normalized spacial score (nSPS) is 15.8. The number of thioether (sulfide) groups is 1. The standard InChI is InChI=1S/C14H14Cl2N4O2S/c15-8-5-9(16)7-10(6-8)20-3-1-11(2-4-20)23-13-12(14(21)22)17-19-18-13/h5-7,11H,1-4H2,(H,21,22)(H,17,18,19). The molecule has 23 heavy (non-hydrogen) atoms. The van der Waals surface area contributed by atoms with Gasteiger partial charge in [-0.2, -0.15) is 5.21 Å². The maximum atomic E-state index is 11.1. The SMILES string of the molecule is O=C(O)c1n[nH]nc1SC1CCN(c2cc(Cl)cc(Cl)c2)CC1. The van der Waals surface area contributed by atoms with E-state index in [2.05, 4.69) is 20.3 Å². The number of aromatic nitrogens is 3. The van der Waals surface area contributed by atoms with E-state index in [-0.39, 0.29) is 5.69 Å². The van der Waals surface area contributed by atoms with Crippen molar-refractivity contribution in [2.24, 2.45) is 0 Å². The van der Waals surface area contributed by atoms with Crippen LogP contribution in [0.1, 0.15) is 23.3 Å². The van der Waals surface area contributed by atoms with Crippen LogP contribution in [0.5, 0.6) is 0 Å². The van der Waals surface area contributed by atoms with Gasteiger partial charge in [-0.15, -0.1) is 10.2 Å². The number of hydrogen-bond donors (Lipinski definition) is 2. The average molecular weight is 373 g/mol. The highest BCUT2D eigenvalue weighted by atomic mass is 35.5. The van der Waals surface area contributed by atoms with Crippen molar-refractivity contribution in [1.29, 1.82) is 0 Å². The summed E-state index contributed by atoms with van der Waals surface area (Å²) in [5, 5.41) is 21.0. The number of halogens is 2. The summed E-state index contributed by atoms with van der Waals surface area (Å²) in [5.74, 6) is -1.06. The van der Waals surface area contributed by atoms with Crippen LogP contribution in [-0.4, -0.2) is 44.8 Å². The van der Waals surface area contributed by atoms with Crippen LogP contribution in [0.2, 0.25) is 10.0 Å². The van der Waals surface area contributed by atoms with Gasteiger partial charge in [-0.1, -0.05) is 35.0 Å². The van der Waals surface area contributed by atoms with Gasteiger partial charge in [-0.25, -0.2) is 4.79 Å². The third kappa shape index (κ3) is 3.91. The number of nitrogens with zero attached hydrogens (tertiary/aromatic N) is 3. The van der Waals surface area contributed by atoms with E-state index in [9.17, 15) is 4.79 Å². The zero-order valence-corrected chi connectivity index (χ0v) is 14.3. The number of aromatic carboxylic acids is 1. The fourth-order valence-electron chi connectivity index (χ4n) is 2.55. The van der Waals surface area contributed by atoms with E-state index in [0.717, 1.165) is 31.6 Å². The van der Waals surface area contributed by atoms with Gasteiger partial charge in [0.2, 0.25) is 5.69 Å². The first-order chi connectivity index (χ1) is 11.0. The van der Waals surface area contributed by atoms with Gasteiger partial charge in [0.05, 0.1) is 0 Å². The summed E-state index contributed by atoms with van der Waals surface area (Å²) in [6, 6.07) is 5.52. The Morgan fingerprint density at radius 2 is 1.87 bits per heavy atom. The Bertz CT molecular complexity index is 696. The molecule has 0 unspecified atom stereocenters. The lowest BCUT2D eigenvalue weighted by Crippen LogP contribution is -2.34. The Hall–Kier alpha value is -1.44. The molecule has 9 heteroatoms. The number of aromatic amines is 1. The number of H-pyrrole nitrogens is 1. The van der Waals surface area contributed by atoms with E-state index >= 15 is 0 Å². The van der Waals surface area contributed by atoms with Crippen molar-refractivity contribution in [3.05, 3.63) is 33.9 Å². The van der Waals surface area contributed by atoms with Gasteiger partial charge in [0.1, 0.15) is 0 Å². The summed E-state index contributed by atoms with van der Waals surface area (Å²) in [4.78, 5) is 13.3. The minimum Gasteiger partial charge on any atom is -0.476 e. The Balaban J connectivity index is 1.62. The number of hydrogen-bond acceptors (Lipinski definition) is 5. The lowest BCUT2D eigenvalue weighted by molar-refractivity contribution is 0.0686. The molecule has 1 aliphatic rings. The fraction of sp³-hybridized carbons (Fsp3) is 0.357. The molecule has 2 N–H and O–H groups in total. The highest BCUT2D eigenvalue weighted by Crippen LogP contribution is 2.33. The molecule has 1 aliphatic heterocycles. The van der Waals surface area contributed by atoms with E-state index < -0.39 is 5.97 Å². The molecule has 0 aliphatic carbocycles. The average Bonchev–Trinajstić information content (AvgIpc) is 2.95. The van der Waals surface area contributed by atoms with Crippen molar-refractivity contribution >= 4 is 46.6 Å². The molecule has 1 fully saturated rings. The second kappa shape index (κ2) is 6.98. The molecule has 1 aromatic heterocycles. The van der Waals surface area contributed by atoms with Crippen LogP contribution < -0.4 is 4.90 Å². The summed E-state index contributed by atoms with van der Waals surface area (Å²) in [5.41, 5.74) is 0.998. The smallest absolute Gasteiger partial charge is 0.359 e. The monoisotopic (exact) mass is 372 g/mol. The highest BCUT2D eigenvalue weighted by molar-refractivity contribution is 7.99. The first-order valence-electron chi connectivity index (χ1n) is 7.04. The van der Waals surface area contributed by atoms with Gasteiger partial charge < -0.3 is 10.0 Å². The second-order valence-electron chi connectivity index (χ2n) is 5.21. The van der Waals surface area contributed by atoms with Crippen LogP contribution in [0.3, 0.4) is 0 Å². The number of carboxylic acid groups (broad SMARTS) is 1. The Labute approximate surface area is 147 Å². The van der Waals surface area contributed by atoms with Gasteiger partial charge in [-0.3, -0.25) is 0 Å². The Morgan fingerprint density at radius 1 is 1.22 bits per heavy atom. The van der Waals surface area contributed by atoms with Gasteiger partial charge >= 0.3 is 5.97 Å². The molecule has 0 amide bonds. The third-order valence-electron chi connectivity index (χ3n) is 3.65. The van der Waals surface area contributed by atoms with Crippen LogP contribution >= 0.6 is 35.0 Å². The van der Waals surface area contributed by atoms with E-state index in [1.165, 1.54) is 11.8 Å². The maximum absolute atomic E-state index is 11.1. The molecule has 1 aromatic carbocycles. The first kappa shape index (κ1) is 16.4. The molecule has 0 radical (unpaired) electrons. The van der Waals surface area contributed by atoms with Crippen molar-refractivity contribution in [3.63, 3.8) is 0 Å². The lowest BCUT2D eigenvalue weighted by Gasteiger charge is -2.33. The van der Waals surface area contributed by atoms with E-state index in [4.69, 9.17) is 28.3 Å². The van der Waals surface area contributed by atoms with Gasteiger partial charge in [0.15, 0.2) is 5.03 Å². The van der Waals surface area contributed by atoms with Gasteiger partial charge in [0.25, 0.3) is 0 Å². The predicted molar refractivity (Wildman–Crippen MR) is 90.9 cm³/mol. The molecular formula is C14H14Cl2N4O2S. The summed E-state index contributed by atoms with van der Waals surface area (Å²) in [6.45, 7) is 1.71. The van der Waals surface area contributed by atoms with E-state index in [1.54, 1.807) is 6.07 Å². The quantitative estimate of drug-likeness (QED) is 0.853. The molecular weight excluding hydrogens is 359 g/mol. The maximum Gasteiger partial charge on any atom is 0.359 e. The van der Waals surface area contributed by atoms with Crippen molar-refractivity contribution in [2.75, 3.05) is 18.0 Å². The van der Waals surface area contributed by atoms with Crippen LogP contribution in [0.25, 0.3) is 0 Å². The number of rotatable bonds is 4. The fourth-order valence-corrected chi connectivity index (χ4v) is 4.17. The van der Waals surface area contributed by atoms with Gasteiger partial charge in [0, 0.05) is 34.1 Å². The zero-order valence-electron chi connectivity index (χ0n) is 12.0. The number of nitrogens with one attached hydrogen (secondary N) is 1. The highest BCUT2D eigenvalue weighted by Gasteiger charge is 2.24. The van der Waals surface area contributed by atoms with Crippen molar-refractivity contribution in [2.45, 2.75) is 23.1 Å². The number of carboxylic acids is 1. The van der Waals surface area contributed by atoms with Crippen LogP contribution in [0.15, 0.2) is 23.2 Å². The summed E-state index contributed by atoms with van der Waals surface area (Å²) >= 11 is 13.6. The third-order valence-corrected chi connectivity index (χ3v) is 5.40. The van der Waals surface area contributed by atoms with E-state index in [0.29, 0.717) is 20.3 Å². The number of anilines is 1. The molecule has 0 spiro atoms.